The molecule has 1 amide bonds. The number of hydrogen-bond donors (Lipinski definition) is 1. The van der Waals surface area contributed by atoms with Gasteiger partial charge in [-0.3, -0.25) is 9.78 Å². The fourth-order valence-corrected chi connectivity index (χ4v) is 1.71. The lowest BCUT2D eigenvalue weighted by Gasteiger charge is -2.03. The van der Waals surface area contributed by atoms with Crippen molar-refractivity contribution in [1.29, 1.82) is 0 Å². The molecule has 0 radical (unpaired) electrons. The van der Waals surface area contributed by atoms with E-state index in [1.165, 1.54) is 6.20 Å². The molecule has 0 unspecified atom stereocenters. The summed E-state index contributed by atoms with van der Waals surface area (Å²) in [6, 6.07) is 5.22. The van der Waals surface area contributed by atoms with Crippen LogP contribution in [-0.2, 0) is 0 Å². The average molecular weight is 254 g/mol. The van der Waals surface area contributed by atoms with Crippen LogP contribution in [0, 0.1) is 6.92 Å². The highest BCUT2D eigenvalue weighted by Gasteiger charge is 2.11. The van der Waals surface area contributed by atoms with Gasteiger partial charge in [-0.15, -0.1) is 0 Å². The highest BCUT2D eigenvalue weighted by Crippen LogP contribution is 2.17. The number of pyridine rings is 2. The van der Waals surface area contributed by atoms with E-state index in [2.05, 4.69) is 20.4 Å². The smallest absolute Gasteiger partial charge is 0.257 e. The van der Waals surface area contributed by atoms with Gasteiger partial charge < -0.3 is 9.84 Å². The Hall–Kier alpha value is -2.76. The van der Waals surface area contributed by atoms with Crippen LogP contribution in [0.2, 0.25) is 0 Å². The van der Waals surface area contributed by atoms with Gasteiger partial charge in [0.05, 0.1) is 28.5 Å². The minimum atomic E-state index is -0.247. The second kappa shape index (κ2) is 4.49. The standard InChI is InChI=1S/C13H10N4O2/c1-8-11-5-9(6-15-13(11)19-17-8)12(18)16-10-3-2-4-14-7-10/h2-7H,1H3,(H,16,18). The molecule has 0 fully saturated rings. The second-order valence-corrected chi connectivity index (χ2v) is 4.04. The zero-order valence-electron chi connectivity index (χ0n) is 10.1. The summed E-state index contributed by atoms with van der Waals surface area (Å²) >= 11 is 0. The summed E-state index contributed by atoms with van der Waals surface area (Å²) in [6.07, 6.45) is 4.68. The Morgan fingerprint density at radius 2 is 2.26 bits per heavy atom. The molecule has 0 bridgehead atoms. The van der Waals surface area contributed by atoms with Crippen molar-refractivity contribution in [3.8, 4) is 0 Å². The van der Waals surface area contributed by atoms with E-state index in [0.717, 1.165) is 5.39 Å². The highest BCUT2D eigenvalue weighted by molar-refractivity contribution is 6.05. The van der Waals surface area contributed by atoms with Gasteiger partial charge in [-0.25, -0.2) is 4.98 Å². The number of nitrogens with one attached hydrogen (secondary N) is 1. The van der Waals surface area contributed by atoms with Crippen LogP contribution < -0.4 is 5.32 Å². The Balaban J connectivity index is 1.91. The number of carbonyl (C=O) groups excluding carboxylic acids is 1. The SMILES string of the molecule is Cc1noc2ncc(C(=O)Nc3cccnc3)cc12. The van der Waals surface area contributed by atoms with Gasteiger partial charge in [-0.2, -0.15) is 0 Å². The first-order chi connectivity index (χ1) is 9.24. The predicted molar refractivity (Wildman–Crippen MR) is 68.7 cm³/mol. The second-order valence-electron chi connectivity index (χ2n) is 4.04. The van der Waals surface area contributed by atoms with Crippen molar-refractivity contribution < 1.29 is 9.32 Å². The molecule has 3 aromatic heterocycles. The van der Waals surface area contributed by atoms with Crippen LogP contribution in [0.15, 0.2) is 41.3 Å². The van der Waals surface area contributed by atoms with E-state index in [1.54, 1.807) is 37.5 Å². The summed E-state index contributed by atoms with van der Waals surface area (Å²) in [5.41, 5.74) is 2.21. The quantitative estimate of drug-likeness (QED) is 0.758. The molecule has 0 atom stereocenters. The van der Waals surface area contributed by atoms with Gasteiger partial charge in [-0.1, -0.05) is 5.16 Å². The molecule has 0 spiro atoms. The summed E-state index contributed by atoms with van der Waals surface area (Å²) in [5.74, 6) is -0.247. The zero-order chi connectivity index (χ0) is 13.2. The van der Waals surface area contributed by atoms with E-state index in [0.29, 0.717) is 22.7 Å². The van der Waals surface area contributed by atoms with Crippen LogP contribution in [0.25, 0.3) is 11.1 Å². The molecule has 1 N–H and O–H groups in total. The van der Waals surface area contributed by atoms with Gasteiger partial charge in [-0.05, 0) is 25.1 Å². The predicted octanol–water partition coefficient (Wildman–Crippen LogP) is 2.18. The minimum absolute atomic E-state index is 0.247. The molecule has 3 aromatic rings. The molecule has 6 nitrogen and oxygen atoms in total. The Bertz CT molecular complexity index is 737. The van der Waals surface area contributed by atoms with Crippen molar-refractivity contribution >= 4 is 22.7 Å². The summed E-state index contributed by atoms with van der Waals surface area (Å²) in [4.78, 5) is 20.1. The number of aromatic nitrogens is 3. The fraction of sp³-hybridized carbons (Fsp3) is 0.0769. The molecule has 3 heterocycles. The van der Waals surface area contributed by atoms with Gasteiger partial charge in [0.1, 0.15) is 0 Å². The van der Waals surface area contributed by atoms with E-state index in [9.17, 15) is 4.79 Å². The van der Waals surface area contributed by atoms with Crippen molar-refractivity contribution in [1.82, 2.24) is 15.1 Å². The molecule has 3 rings (SSSR count). The molecule has 94 valence electrons. The lowest BCUT2D eigenvalue weighted by atomic mass is 10.2. The largest absolute Gasteiger partial charge is 0.336 e. The van der Waals surface area contributed by atoms with Crippen molar-refractivity contribution in [3.63, 3.8) is 0 Å². The zero-order valence-corrected chi connectivity index (χ0v) is 10.1. The first-order valence-corrected chi connectivity index (χ1v) is 5.67. The van der Waals surface area contributed by atoms with E-state index < -0.39 is 0 Å². The molecule has 19 heavy (non-hydrogen) atoms. The van der Waals surface area contributed by atoms with Gasteiger partial charge in [0.15, 0.2) is 0 Å². The number of amides is 1. The highest BCUT2D eigenvalue weighted by atomic mass is 16.5. The monoisotopic (exact) mass is 254 g/mol. The normalized spacial score (nSPS) is 10.6. The molecule has 6 heteroatoms. The molecule has 0 aliphatic rings. The molecular formula is C13H10N4O2. The van der Waals surface area contributed by atoms with Crippen LogP contribution >= 0.6 is 0 Å². The molecule has 0 saturated carbocycles. The Kier molecular flexibility index (Phi) is 2.68. The number of aryl methyl sites for hydroxylation is 1. The van der Waals surface area contributed by atoms with Gasteiger partial charge in [0.2, 0.25) is 0 Å². The number of carbonyl (C=O) groups is 1. The van der Waals surface area contributed by atoms with Crippen molar-refractivity contribution in [2.24, 2.45) is 0 Å². The van der Waals surface area contributed by atoms with E-state index in [4.69, 9.17) is 4.52 Å². The molecule has 0 aliphatic heterocycles. The summed E-state index contributed by atoms with van der Waals surface area (Å²) in [6.45, 7) is 1.80. The van der Waals surface area contributed by atoms with Gasteiger partial charge in [0, 0.05) is 12.4 Å². The molecule has 0 saturated heterocycles. The van der Waals surface area contributed by atoms with E-state index in [-0.39, 0.29) is 5.91 Å². The van der Waals surface area contributed by atoms with Crippen molar-refractivity contribution in [3.05, 3.63) is 48.0 Å². The van der Waals surface area contributed by atoms with Crippen molar-refractivity contribution in [2.45, 2.75) is 6.92 Å². The lowest BCUT2D eigenvalue weighted by Crippen LogP contribution is -2.12. The summed E-state index contributed by atoms with van der Waals surface area (Å²) in [7, 11) is 0. The van der Waals surface area contributed by atoms with Crippen LogP contribution in [0.5, 0.6) is 0 Å². The Morgan fingerprint density at radius 3 is 3.05 bits per heavy atom. The van der Waals surface area contributed by atoms with Crippen LogP contribution in [0.4, 0.5) is 5.69 Å². The number of nitrogens with zero attached hydrogens (tertiary/aromatic N) is 3. The van der Waals surface area contributed by atoms with Crippen LogP contribution in [-0.4, -0.2) is 21.0 Å². The third-order valence-electron chi connectivity index (χ3n) is 2.69. The third-order valence-corrected chi connectivity index (χ3v) is 2.69. The van der Waals surface area contributed by atoms with Crippen molar-refractivity contribution in [2.75, 3.05) is 5.32 Å². The minimum Gasteiger partial charge on any atom is -0.336 e. The maximum absolute atomic E-state index is 12.1. The Labute approximate surface area is 108 Å². The summed E-state index contributed by atoms with van der Waals surface area (Å²) in [5, 5.41) is 7.28. The first-order valence-electron chi connectivity index (χ1n) is 5.67. The molecular weight excluding hydrogens is 244 g/mol. The number of anilines is 1. The number of hydrogen-bond acceptors (Lipinski definition) is 5. The third kappa shape index (κ3) is 2.15. The Morgan fingerprint density at radius 1 is 1.37 bits per heavy atom. The van der Waals surface area contributed by atoms with Gasteiger partial charge >= 0.3 is 0 Å². The molecule has 0 aliphatic carbocycles. The fourth-order valence-electron chi connectivity index (χ4n) is 1.71. The first kappa shape index (κ1) is 11.3. The maximum Gasteiger partial charge on any atom is 0.257 e. The average Bonchev–Trinajstić information content (AvgIpc) is 2.81. The maximum atomic E-state index is 12.1. The molecule has 0 aromatic carbocycles. The number of rotatable bonds is 2. The topological polar surface area (TPSA) is 80.9 Å². The number of fused-ring (bicyclic) bond motifs is 1. The van der Waals surface area contributed by atoms with Crippen LogP contribution in [0.3, 0.4) is 0 Å². The summed E-state index contributed by atoms with van der Waals surface area (Å²) < 4.78 is 5.00. The van der Waals surface area contributed by atoms with E-state index in [1.807, 2.05) is 0 Å². The lowest BCUT2D eigenvalue weighted by molar-refractivity contribution is 0.102. The van der Waals surface area contributed by atoms with Gasteiger partial charge in [0.25, 0.3) is 11.6 Å². The van der Waals surface area contributed by atoms with E-state index >= 15 is 0 Å². The van der Waals surface area contributed by atoms with Crippen LogP contribution in [0.1, 0.15) is 16.1 Å².